The van der Waals surface area contributed by atoms with Crippen LogP contribution in [0.4, 0.5) is 10.1 Å². The van der Waals surface area contributed by atoms with Crippen molar-refractivity contribution in [1.82, 2.24) is 4.57 Å². The average molecular weight is 305 g/mol. The molecule has 0 saturated carbocycles. The van der Waals surface area contributed by atoms with Crippen LogP contribution in [0.3, 0.4) is 0 Å². The largest absolute Gasteiger partial charge is 0.423 e. The van der Waals surface area contributed by atoms with E-state index < -0.39 is 5.76 Å². The molecular formula is C15H16FN3O3. The Hall–Kier alpha value is -2.57. The van der Waals surface area contributed by atoms with Gasteiger partial charge in [-0.2, -0.15) is 0 Å². The third-order valence-electron chi connectivity index (χ3n) is 3.69. The van der Waals surface area contributed by atoms with Crippen LogP contribution in [0.1, 0.15) is 12.8 Å². The van der Waals surface area contributed by atoms with Crippen molar-refractivity contribution < 1.29 is 13.6 Å². The van der Waals surface area contributed by atoms with Gasteiger partial charge in [0, 0.05) is 32.0 Å². The molecule has 116 valence electrons. The number of oxazole rings is 1. The quantitative estimate of drug-likeness (QED) is 0.815. The van der Waals surface area contributed by atoms with Crippen LogP contribution in [0.25, 0.3) is 5.69 Å². The van der Waals surface area contributed by atoms with Crippen LogP contribution in [0, 0.1) is 5.82 Å². The Morgan fingerprint density at radius 2 is 2.09 bits per heavy atom. The molecule has 0 unspecified atom stereocenters. The minimum atomic E-state index is -0.537. The lowest BCUT2D eigenvalue weighted by atomic mass is 10.1. The van der Waals surface area contributed by atoms with E-state index >= 15 is 0 Å². The molecule has 0 spiro atoms. The van der Waals surface area contributed by atoms with Gasteiger partial charge < -0.3 is 14.2 Å². The Bertz CT molecular complexity index is 740. The topological polar surface area (TPSA) is 60.0 Å². The van der Waals surface area contributed by atoms with Gasteiger partial charge >= 0.3 is 5.76 Å². The van der Waals surface area contributed by atoms with Crippen molar-refractivity contribution in [3.8, 4) is 5.69 Å². The predicted molar refractivity (Wildman–Crippen MR) is 80.2 cm³/mol. The smallest absolute Gasteiger partial charge is 0.416 e. The van der Waals surface area contributed by atoms with Crippen LogP contribution >= 0.6 is 0 Å². The van der Waals surface area contributed by atoms with Gasteiger partial charge in [-0.15, -0.1) is 0 Å². The van der Waals surface area contributed by atoms with E-state index in [1.54, 1.807) is 12.1 Å². The fourth-order valence-corrected chi connectivity index (χ4v) is 2.59. The van der Waals surface area contributed by atoms with Crippen molar-refractivity contribution >= 4 is 11.4 Å². The summed E-state index contributed by atoms with van der Waals surface area (Å²) in [6, 6.07) is 4.72. The standard InChI is InChI=1S/C15H16FN3O3/c1-21-17-11-4-6-18(7-5-11)14-3-2-12(10-13(14)16)19-8-9-22-15(19)20/h2-3,8-10H,4-7H2,1H3. The Kier molecular flexibility index (Phi) is 3.95. The summed E-state index contributed by atoms with van der Waals surface area (Å²) in [6.07, 6.45) is 4.23. The number of hydrogen-bond acceptors (Lipinski definition) is 5. The van der Waals surface area contributed by atoms with Gasteiger partial charge in [-0.1, -0.05) is 5.16 Å². The maximum absolute atomic E-state index is 14.4. The van der Waals surface area contributed by atoms with Crippen LogP contribution in [0.15, 0.2) is 45.0 Å². The second-order valence-corrected chi connectivity index (χ2v) is 5.00. The van der Waals surface area contributed by atoms with Crippen LogP contribution < -0.4 is 10.7 Å². The van der Waals surface area contributed by atoms with Gasteiger partial charge in [0.2, 0.25) is 0 Å². The van der Waals surface area contributed by atoms with E-state index in [0.29, 0.717) is 24.5 Å². The van der Waals surface area contributed by atoms with Gasteiger partial charge in [-0.3, -0.25) is 0 Å². The molecule has 0 atom stereocenters. The molecule has 6 nitrogen and oxygen atoms in total. The zero-order chi connectivity index (χ0) is 15.5. The predicted octanol–water partition coefficient (Wildman–Crippen LogP) is 2.17. The van der Waals surface area contributed by atoms with Gasteiger partial charge in [-0.25, -0.2) is 13.8 Å². The highest BCUT2D eigenvalue weighted by atomic mass is 19.1. The lowest BCUT2D eigenvalue weighted by Crippen LogP contribution is -2.34. The molecule has 1 aromatic heterocycles. The third-order valence-corrected chi connectivity index (χ3v) is 3.69. The summed E-state index contributed by atoms with van der Waals surface area (Å²) in [7, 11) is 1.52. The molecule has 2 heterocycles. The van der Waals surface area contributed by atoms with Crippen LogP contribution in [-0.4, -0.2) is 30.5 Å². The van der Waals surface area contributed by atoms with Gasteiger partial charge in [-0.05, 0) is 12.1 Å². The number of hydrogen-bond donors (Lipinski definition) is 0. The molecule has 0 amide bonds. The molecule has 1 fully saturated rings. The molecule has 7 heteroatoms. The third kappa shape index (κ3) is 2.74. The van der Waals surface area contributed by atoms with Gasteiger partial charge in [0.1, 0.15) is 19.2 Å². The summed E-state index contributed by atoms with van der Waals surface area (Å²) in [5.74, 6) is -0.900. The number of aromatic nitrogens is 1. The van der Waals surface area contributed by atoms with Gasteiger partial charge in [0.25, 0.3) is 0 Å². The molecule has 1 saturated heterocycles. The highest BCUT2D eigenvalue weighted by Crippen LogP contribution is 2.24. The number of anilines is 1. The first-order chi connectivity index (χ1) is 10.7. The number of piperidine rings is 1. The minimum Gasteiger partial charge on any atom is -0.416 e. The van der Waals surface area contributed by atoms with Crippen molar-refractivity contribution in [2.75, 3.05) is 25.1 Å². The minimum absolute atomic E-state index is 0.363. The molecule has 2 aromatic rings. The second-order valence-electron chi connectivity index (χ2n) is 5.00. The molecule has 0 bridgehead atoms. The van der Waals surface area contributed by atoms with E-state index in [1.807, 2.05) is 4.90 Å². The number of benzene rings is 1. The Morgan fingerprint density at radius 3 is 2.68 bits per heavy atom. The molecule has 1 aliphatic rings. The Morgan fingerprint density at radius 1 is 1.32 bits per heavy atom. The lowest BCUT2D eigenvalue weighted by Gasteiger charge is -2.29. The van der Waals surface area contributed by atoms with E-state index in [2.05, 4.69) is 9.57 Å². The number of nitrogens with zero attached hydrogens (tertiary/aromatic N) is 3. The van der Waals surface area contributed by atoms with Crippen LogP contribution in [0.5, 0.6) is 0 Å². The Balaban J connectivity index is 1.80. The monoisotopic (exact) mass is 305 g/mol. The maximum atomic E-state index is 14.4. The Labute approximate surface area is 126 Å². The second kappa shape index (κ2) is 6.05. The lowest BCUT2D eigenvalue weighted by molar-refractivity contribution is 0.211. The van der Waals surface area contributed by atoms with Gasteiger partial charge in [0.15, 0.2) is 0 Å². The van der Waals surface area contributed by atoms with E-state index in [4.69, 9.17) is 4.84 Å². The van der Waals surface area contributed by atoms with Crippen molar-refractivity contribution in [1.29, 1.82) is 0 Å². The first kappa shape index (κ1) is 14.4. The maximum Gasteiger partial charge on any atom is 0.423 e. The summed E-state index contributed by atoms with van der Waals surface area (Å²) in [5, 5.41) is 3.94. The number of oxime groups is 1. The molecule has 0 N–H and O–H groups in total. The van der Waals surface area contributed by atoms with Crippen molar-refractivity contribution in [3.05, 3.63) is 47.0 Å². The summed E-state index contributed by atoms with van der Waals surface area (Å²) < 4.78 is 20.3. The summed E-state index contributed by atoms with van der Waals surface area (Å²) in [5.41, 5.74) is 1.95. The summed E-state index contributed by atoms with van der Waals surface area (Å²) >= 11 is 0. The zero-order valence-corrected chi connectivity index (χ0v) is 12.2. The molecule has 0 radical (unpaired) electrons. The number of rotatable bonds is 3. The molecule has 1 aromatic carbocycles. The first-order valence-electron chi connectivity index (χ1n) is 6.99. The van der Waals surface area contributed by atoms with E-state index in [-0.39, 0.29) is 5.82 Å². The van der Waals surface area contributed by atoms with Crippen molar-refractivity contribution in [3.63, 3.8) is 0 Å². The first-order valence-corrected chi connectivity index (χ1v) is 6.99. The molecule has 22 heavy (non-hydrogen) atoms. The fourth-order valence-electron chi connectivity index (χ4n) is 2.59. The highest BCUT2D eigenvalue weighted by molar-refractivity contribution is 5.86. The molecule has 0 aliphatic carbocycles. The summed E-state index contributed by atoms with van der Waals surface area (Å²) in [6.45, 7) is 1.37. The van der Waals surface area contributed by atoms with Crippen LogP contribution in [0.2, 0.25) is 0 Å². The molecular weight excluding hydrogens is 289 g/mol. The molecule has 3 rings (SSSR count). The van der Waals surface area contributed by atoms with Crippen molar-refractivity contribution in [2.45, 2.75) is 12.8 Å². The summed E-state index contributed by atoms with van der Waals surface area (Å²) in [4.78, 5) is 18.2. The normalized spacial score (nSPS) is 15.0. The average Bonchev–Trinajstić information content (AvgIpc) is 2.95. The van der Waals surface area contributed by atoms with E-state index in [0.717, 1.165) is 18.6 Å². The highest BCUT2D eigenvalue weighted by Gasteiger charge is 2.19. The van der Waals surface area contributed by atoms with Crippen LogP contribution in [-0.2, 0) is 4.84 Å². The zero-order valence-electron chi connectivity index (χ0n) is 12.2. The van der Waals surface area contributed by atoms with Crippen molar-refractivity contribution in [2.24, 2.45) is 5.16 Å². The SMILES string of the molecule is CON=C1CCN(c2ccc(-n3ccoc3=O)cc2F)CC1. The fraction of sp³-hybridized carbons (Fsp3) is 0.333. The molecule has 1 aliphatic heterocycles. The van der Waals surface area contributed by atoms with E-state index in [9.17, 15) is 9.18 Å². The van der Waals surface area contributed by atoms with E-state index in [1.165, 1.54) is 30.2 Å². The number of halogens is 1. The van der Waals surface area contributed by atoms with Gasteiger partial charge in [0.05, 0.1) is 23.3 Å².